The summed E-state index contributed by atoms with van der Waals surface area (Å²) >= 11 is 1.66. The van der Waals surface area contributed by atoms with E-state index in [2.05, 4.69) is 27.4 Å². The summed E-state index contributed by atoms with van der Waals surface area (Å²) in [6, 6.07) is 0. The van der Waals surface area contributed by atoms with Gasteiger partial charge >= 0.3 is 0 Å². The highest BCUT2D eigenvalue weighted by molar-refractivity contribution is 7.99. The number of amides is 1. The zero-order valence-electron chi connectivity index (χ0n) is 8.82. The van der Waals surface area contributed by atoms with Gasteiger partial charge in [-0.1, -0.05) is 13.3 Å². The van der Waals surface area contributed by atoms with Gasteiger partial charge in [0.15, 0.2) is 0 Å². The summed E-state index contributed by atoms with van der Waals surface area (Å²) in [4.78, 5) is 15.2. The fourth-order valence-corrected chi connectivity index (χ4v) is 1.89. The number of unbranched alkanes of at least 4 members (excludes halogenated alkanes) is 1. The van der Waals surface area contributed by atoms with Crippen molar-refractivity contribution in [2.45, 2.75) is 26.3 Å². The monoisotopic (exact) mass is 228 g/mol. The van der Waals surface area contributed by atoms with Gasteiger partial charge in [0.2, 0.25) is 5.91 Å². The summed E-state index contributed by atoms with van der Waals surface area (Å²) in [7, 11) is 0. The third-order valence-corrected chi connectivity index (χ3v) is 2.84. The lowest BCUT2D eigenvalue weighted by atomic mass is 10.4. The molecule has 5 nitrogen and oxygen atoms in total. The van der Waals surface area contributed by atoms with Crippen molar-refractivity contribution in [2.24, 2.45) is 0 Å². The van der Waals surface area contributed by atoms with Crippen LogP contribution in [0, 0.1) is 0 Å². The summed E-state index contributed by atoms with van der Waals surface area (Å²) in [5, 5.41) is 9.15. The summed E-state index contributed by atoms with van der Waals surface area (Å²) in [6.45, 7) is 2.57. The van der Waals surface area contributed by atoms with E-state index in [0.29, 0.717) is 18.1 Å². The Morgan fingerprint density at radius 1 is 1.67 bits per heavy atom. The van der Waals surface area contributed by atoms with E-state index in [-0.39, 0.29) is 5.91 Å². The van der Waals surface area contributed by atoms with Crippen LogP contribution >= 0.6 is 11.8 Å². The van der Waals surface area contributed by atoms with E-state index >= 15 is 0 Å². The average molecular weight is 228 g/mol. The van der Waals surface area contributed by atoms with E-state index in [1.807, 2.05) is 0 Å². The second kappa shape index (κ2) is 7.28. The highest BCUT2D eigenvalue weighted by Gasteiger charge is 2.02. The maximum absolute atomic E-state index is 11.3. The molecule has 0 saturated carbocycles. The molecule has 84 valence electrons. The fourth-order valence-electron chi connectivity index (χ4n) is 0.961. The van der Waals surface area contributed by atoms with Crippen LogP contribution in [0.2, 0.25) is 0 Å². The first-order valence-corrected chi connectivity index (χ1v) is 6.17. The fraction of sp³-hybridized carbons (Fsp3) is 0.667. The second-order valence-electron chi connectivity index (χ2n) is 3.12. The zero-order valence-corrected chi connectivity index (χ0v) is 9.64. The SMILES string of the molecule is CCCCSCC(=O)NCc1ncn[nH]1. The van der Waals surface area contributed by atoms with Crippen molar-refractivity contribution in [1.82, 2.24) is 20.5 Å². The van der Waals surface area contributed by atoms with Gasteiger partial charge < -0.3 is 5.32 Å². The Labute approximate surface area is 93.4 Å². The highest BCUT2D eigenvalue weighted by atomic mass is 32.2. The van der Waals surface area contributed by atoms with Crippen molar-refractivity contribution in [2.75, 3.05) is 11.5 Å². The Kier molecular flexibility index (Phi) is 5.84. The molecule has 0 unspecified atom stereocenters. The van der Waals surface area contributed by atoms with Crippen LogP contribution in [0.5, 0.6) is 0 Å². The molecule has 0 aromatic carbocycles. The summed E-state index contributed by atoms with van der Waals surface area (Å²) in [5.41, 5.74) is 0. The zero-order chi connectivity index (χ0) is 10.9. The molecule has 1 heterocycles. The molecule has 0 radical (unpaired) electrons. The molecule has 1 aromatic rings. The van der Waals surface area contributed by atoms with E-state index in [9.17, 15) is 4.79 Å². The number of carbonyl (C=O) groups excluding carboxylic acids is 1. The van der Waals surface area contributed by atoms with E-state index in [1.165, 1.54) is 19.2 Å². The lowest BCUT2D eigenvalue weighted by Gasteiger charge is -2.02. The number of aromatic nitrogens is 3. The number of rotatable bonds is 7. The van der Waals surface area contributed by atoms with Crippen molar-refractivity contribution in [1.29, 1.82) is 0 Å². The number of carbonyl (C=O) groups is 1. The minimum atomic E-state index is 0.0486. The van der Waals surface area contributed by atoms with Gasteiger partial charge in [0.05, 0.1) is 12.3 Å². The topological polar surface area (TPSA) is 70.7 Å². The second-order valence-corrected chi connectivity index (χ2v) is 4.22. The van der Waals surface area contributed by atoms with Gasteiger partial charge in [0.1, 0.15) is 12.2 Å². The molecule has 0 bridgehead atoms. The average Bonchev–Trinajstić information content (AvgIpc) is 2.74. The van der Waals surface area contributed by atoms with Gasteiger partial charge in [-0.2, -0.15) is 16.9 Å². The lowest BCUT2D eigenvalue weighted by Crippen LogP contribution is -2.25. The molecule has 1 aromatic heterocycles. The van der Waals surface area contributed by atoms with E-state index in [0.717, 1.165) is 5.75 Å². The number of H-pyrrole nitrogens is 1. The Bertz CT molecular complexity index is 276. The first-order valence-electron chi connectivity index (χ1n) is 5.01. The molecule has 0 aliphatic heterocycles. The molecule has 0 spiro atoms. The third-order valence-electron chi connectivity index (χ3n) is 1.79. The number of nitrogens with zero attached hydrogens (tertiary/aromatic N) is 2. The van der Waals surface area contributed by atoms with Gasteiger partial charge in [-0.25, -0.2) is 4.98 Å². The number of nitrogens with one attached hydrogen (secondary N) is 2. The maximum Gasteiger partial charge on any atom is 0.230 e. The normalized spacial score (nSPS) is 10.2. The maximum atomic E-state index is 11.3. The first kappa shape index (κ1) is 12.0. The highest BCUT2D eigenvalue weighted by Crippen LogP contribution is 2.03. The van der Waals surface area contributed by atoms with E-state index in [1.54, 1.807) is 11.8 Å². The molecule has 0 aliphatic rings. The van der Waals surface area contributed by atoms with Crippen LogP contribution in [0.3, 0.4) is 0 Å². The van der Waals surface area contributed by atoms with Gasteiger partial charge in [-0.15, -0.1) is 0 Å². The number of thioether (sulfide) groups is 1. The van der Waals surface area contributed by atoms with Crippen LogP contribution in [-0.2, 0) is 11.3 Å². The van der Waals surface area contributed by atoms with Crippen LogP contribution < -0.4 is 5.32 Å². The van der Waals surface area contributed by atoms with Crippen molar-refractivity contribution < 1.29 is 4.79 Å². The standard InChI is InChI=1S/C9H16N4OS/c1-2-3-4-15-6-9(14)10-5-8-11-7-12-13-8/h7H,2-6H2,1H3,(H,10,14)(H,11,12,13). The summed E-state index contributed by atoms with van der Waals surface area (Å²) in [6.07, 6.45) is 3.77. The molecule has 0 aliphatic carbocycles. The smallest absolute Gasteiger partial charge is 0.230 e. The number of hydrogen-bond donors (Lipinski definition) is 2. The predicted octanol–water partition coefficient (Wildman–Crippen LogP) is 0.954. The quantitative estimate of drug-likeness (QED) is 0.682. The van der Waals surface area contributed by atoms with Crippen molar-refractivity contribution >= 4 is 17.7 Å². The van der Waals surface area contributed by atoms with Crippen LogP contribution in [0.15, 0.2) is 6.33 Å². The molecular weight excluding hydrogens is 212 g/mol. The van der Waals surface area contributed by atoms with Gasteiger partial charge in [-0.3, -0.25) is 9.89 Å². The van der Waals surface area contributed by atoms with Gasteiger partial charge in [0, 0.05) is 0 Å². The Morgan fingerprint density at radius 2 is 2.53 bits per heavy atom. The Hall–Kier alpha value is -1.04. The Balaban J connectivity index is 2.04. The van der Waals surface area contributed by atoms with Gasteiger partial charge in [-0.05, 0) is 12.2 Å². The Morgan fingerprint density at radius 3 is 3.20 bits per heavy atom. The van der Waals surface area contributed by atoms with Crippen molar-refractivity contribution in [3.63, 3.8) is 0 Å². The number of aromatic amines is 1. The molecule has 15 heavy (non-hydrogen) atoms. The third kappa shape index (κ3) is 5.41. The first-order chi connectivity index (χ1) is 7.33. The summed E-state index contributed by atoms with van der Waals surface area (Å²) in [5.74, 6) is 2.30. The van der Waals surface area contributed by atoms with Crippen molar-refractivity contribution in [3.05, 3.63) is 12.2 Å². The molecule has 1 rings (SSSR count). The van der Waals surface area contributed by atoms with Crippen LogP contribution in [0.4, 0.5) is 0 Å². The molecule has 0 saturated heterocycles. The molecule has 0 atom stereocenters. The van der Waals surface area contributed by atoms with Crippen LogP contribution in [-0.4, -0.2) is 32.6 Å². The molecule has 1 amide bonds. The number of hydrogen-bond acceptors (Lipinski definition) is 4. The van der Waals surface area contributed by atoms with Crippen LogP contribution in [0.1, 0.15) is 25.6 Å². The predicted molar refractivity (Wildman–Crippen MR) is 60.5 cm³/mol. The molecule has 0 fully saturated rings. The largest absolute Gasteiger partial charge is 0.348 e. The van der Waals surface area contributed by atoms with Gasteiger partial charge in [0.25, 0.3) is 0 Å². The van der Waals surface area contributed by atoms with Crippen molar-refractivity contribution in [3.8, 4) is 0 Å². The lowest BCUT2D eigenvalue weighted by molar-refractivity contribution is -0.118. The minimum Gasteiger partial charge on any atom is -0.348 e. The molecular formula is C9H16N4OS. The van der Waals surface area contributed by atoms with E-state index in [4.69, 9.17) is 0 Å². The molecule has 6 heteroatoms. The summed E-state index contributed by atoms with van der Waals surface area (Å²) < 4.78 is 0. The minimum absolute atomic E-state index is 0.0486. The van der Waals surface area contributed by atoms with Crippen LogP contribution in [0.25, 0.3) is 0 Å². The van der Waals surface area contributed by atoms with E-state index < -0.39 is 0 Å². The molecule has 2 N–H and O–H groups in total.